The average molecular weight is 176 g/mol. The molecular weight excluding hydrogens is 164 g/mol. The maximum Gasteiger partial charge on any atom is 0.147 e. The van der Waals surface area contributed by atoms with Crippen LogP contribution >= 0.6 is 0 Å². The van der Waals surface area contributed by atoms with E-state index in [4.69, 9.17) is 0 Å². The second-order valence-corrected chi connectivity index (χ2v) is 4.66. The molecule has 0 aliphatic heterocycles. The summed E-state index contributed by atoms with van der Waals surface area (Å²) in [6.07, 6.45) is 7.16. The molecule has 1 spiro atoms. The van der Waals surface area contributed by atoms with Gasteiger partial charge in [-0.3, -0.25) is 9.59 Å². The second-order valence-electron chi connectivity index (χ2n) is 4.66. The molecule has 0 amide bonds. The van der Waals surface area contributed by atoms with Gasteiger partial charge in [0.1, 0.15) is 11.6 Å². The smallest absolute Gasteiger partial charge is 0.147 e. The Hall–Kier alpha value is -0.920. The summed E-state index contributed by atoms with van der Waals surface area (Å²) in [6, 6.07) is 0. The zero-order valence-corrected chi connectivity index (χ0v) is 7.45. The molecule has 2 fully saturated rings. The minimum absolute atomic E-state index is 0.158. The summed E-state index contributed by atoms with van der Waals surface area (Å²) < 4.78 is 0. The predicted octanol–water partition coefficient (Wildman–Crippen LogP) is 1.50. The van der Waals surface area contributed by atoms with Gasteiger partial charge in [0.15, 0.2) is 0 Å². The molecule has 13 heavy (non-hydrogen) atoms. The monoisotopic (exact) mass is 176 g/mol. The fraction of sp³-hybridized carbons (Fsp3) is 0.636. The van der Waals surface area contributed by atoms with Crippen molar-refractivity contribution in [3.63, 3.8) is 0 Å². The molecular formula is C11H12O2. The average Bonchev–Trinajstić information content (AvgIpc) is 2.68. The number of hydrogen-bond acceptors (Lipinski definition) is 2. The van der Waals surface area contributed by atoms with Gasteiger partial charge in [-0.2, -0.15) is 0 Å². The van der Waals surface area contributed by atoms with Crippen molar-refractivity contribution in [2.75, 3.05) is 0 Å². The summed E-state index contributed by atoms with van der Waals surface area (Å²) in [5.74, 6) is 1.34. The van der Waals surface area contributed by atoms with E-state index in [1.165, 1.54) is 0 Å². The molecule has 0 heterocycles. The van der Waals surface area contributed by atoms with Gasteiger partial charge in [-0.1, -0.05) is 12.2 Å². The summed E-state index contributed by atoms with van der Waals surface area (Å²) in [5, 5.41) is 0. The third-order valence-electron chi connectivity index (χ3n) is 3.93. The van der Waals surface area contributed by atoms with Crippen LogP contribution in [0.4, 0.5) is 0 Å². The molecule has 2 bridgehead atoms. The van der Waals surface area contributed by atoms with Crippen molar-refractivity contribution in [2.24, 2.45) is 17.3 Å². The molecule has 68 valence electrons. The molecule has 0 radical (unpaired) electrons. The molecule has 0 aromatic carbocycles. The third kappa shape index (κ3) is 0.787. The van der Waals surface area contributed by atoms with Crippen molar-refractivity contribution < 1.29 is 9.59 Å². The number of fused-ring (bicyclic) bond motifs is 3. The number of hydrogen-bond donors (Lipinski definition) is 0. The Balaban J connectivity index is 2.03. The van der Waals surface area contributed by atoms with Crippen LogP contribution in [0.25, 0.3) is 0 Å². The highest BCUT2D eigenvalue weighted by Crippen LogP contribution is 2.57. The van der Waals surface area contributed by atoms with Gasteiger partial charge < -0.3 is 0 Å². The highest BCUT2D eigenvalue weighted by molar-refractivity contribution is 6.09. The molecule has 0 aromatic heterocycles. The highest BCUT2D eigenvalue weighted by atomic mass is 16.2. The summed E-state index contributed by atoms with van der Waals surface area (Å²) >= 11 is 0. The van der Waals surface area contributed by atoms with Crippen LogP contribution in [-0.2, 0) is 9.59 Å². The fourth-order valence-corrected chi connectivity index (χ4v) is 3.35. The lowest BCUT2D eigenvalue weighted by Crippen LogP contribution is -2.30. The van der Waals surface area contributed by atoms with Gasteiger partial charge in [0.2, 0.25) is 0 Å². The zero-order valence-electron chi connectivity index (χ0n) is 7.45. The standard InChI is InChI=1S/C11H12O2/c12-9-4-10(13)11(6-9)5-7-1-2-8(11)3-7/h1-2,7-8H,3-6H2. The van der Waals surface area contributed by atoms with E-state index < -0.39 is 0 Å². The van der Waals surface area contributed by atoms with Crippen molar-refractivity contribution in [3.8, 4) is 0 Å². The van der Waals surface area contributed by atoms with E-state index in [2.05, 4.69) is 12.2 Å². The highest BCUT2D eigenvalue weighted by Gasteiger charge is 2.56. The third-order valence-corrected chi connectivity index (χ3v) is 3.93. The van der Waals surface area contributed by atoms with Crippen LogP contribution in [0.15, 0.2) is 12.2 Å². The van der Waals surface area contributed by atoms with E-state index in [-0.39, 0.29) is 23.4 Å². The van der Waals surface area contributed by atoms with Gasteiger partial charge in [-0.05, 0) is 24.7 Å². The van der Waals surface area contributed by atoms with Crippen LogP contribution in [0.2, 0.25) is 0 Å². The summed E-state index contributed by atoms with van der Waals surface area (Å²) in [7, 11) is 0. The molecule has 3 unspecified atom stereocenters. The molecule has 2 nitrogen and oxygen atoms in total. The summed E-state index contributed by atoms with van der Waals surface area (Å²) in [4.78, 5) is 23.0. The Morgan fingerprint density at radius 3 is 2.62 bits per heavy atom. The molecule has 3 aliphatic carbocycles. The Morgan fingerprint density at radius 1 is 1.31 bits per heavy atom. The van der Waals surface area contributed by atoms with Gasteiger partial charge in [0, 0.05) is 11.8 Å². The predicted molar refractivity (Wildman–Crippen MR) is 47.0 cm³/mol. The van der Waals surface area contributed by atoms with Gasteiger partial charge in [-0.25, -0.2) is 0 Å². The first-order valence-corrected chi connectivity index (χ1v) is 4.94. The SMILES string of the molecule is O=C1CC(=O)C2(C1)CC1C=CC2C1. The van der Waals surface area contributed by atoms with Crippen LogP contribution in [0, 0.1) is 17.3 Å². The van der Waals surface area contributed by atoms with Crippen molar-refractivity contribution in [2.45, 2.75) is 25.7 Å². The largest absolute Gasteiger partial charge is 0.299 e. The fourth-order valence-electron chi connectivity index (χ4n) is 3.35. The van der Waals surface area contributed by atoms with E-state index in [9.17, 15) is 9.59 Å². The van der Waals surface area contributed by atoms with E-state index in [0.717, 1.165) is 12.8 Å². The van der Waals surface area contributed by atoms with Gasteiger partial charge >= 0.3 is 0 Å². The maximum atomic E-state index is 11.7. The Bertz CT molecular complexity index is 329. The molecule has 3 atom stereocenters. The minimum Gasteiger partial charge on any atom is -0.299 e. The van der Waals surface area contributed by atoms with Gasteiger partial charge in [0.05, 0.1) is 6.42 Å². The van der Waals surface area contributed by atoms with Gasteiger partial charge in [-0.15, -0.1) is 0 Å². The van der Waals surface area contributed by atoms with Crippen molar-refractivity contribution >= 4 is 11.6 Å². The number of ketones is 2. The molecule has 2 saturated carbocycles. The van der Waals surface area contributed by atoms with Crippen LogP contribution in [0.3, 0.4) is 0 Å². The lowest BCUT2D eigenvalue weighted by atomic mass is 9.74. The first-order valence-electron chi connectivity index (χ1n) is 4.94. The number of carbonyl (C=O) groups is 2. The minimum atomic E-state index is -0.240. The van der Waals surface area contributed by atoms with Crippen LogP contribution in [0.1, 0.15) is 25.7 Å². The summed E-state index contributed by atoms with van der Waals surface area (Å²) in [5.41, 5.74) is -0.240. The Labute approximate surface area is 77.0 Å². The van der Waals surface area contributed by atoms with E-state index >= 15 is 0 Å². The molecule has 3 aliphatic rings. The van der Waals surface area contributed by atoms with Crippen molar-refractivity contribution in [1.29, 1.82) is 0 Å². The number of rotatable bonds is 0. The van der Waals surface area contributed by atoms with Crippen LogP contribution in [0.5, 0.6) is 0 Å². The molecule has 0 aromatic rings. The Kier molecular flexibility index (Phi) is 1.22. The lowest BCUT2D eigenvalue weighted by Gasteiger charge is -2.27. The molecule has 0 N–H and O–H groups in total. The zero-order chi connectivity index (χ0) is 9.05. The van der Waals surface area contributed by atoms with E-state index in [0.29, 0.717) is 18.3 Å². The number of allylic oxidation sites excluding steroid dienone is 2. The van der Waals surface area contributed by atoms with Gasteiger partial charge in [0.25, 0.3) is 0 Å². The van der Waals surface area contributed by atoms with Crippen LogP contribution < -0.4 is 0 Å². The van der Waals surface area contributed by atoms with Crippen molar-refractivity contribution in [3.05, 3.63) is 12.2 Å². The maximum absolute atomic E-state index is 11.7. The number of carbonyl (C=O) groups excluding carboxylic acids is 2. The normalized spacial score (nSPS) is 47.1. The lowest BCUT2D eigenvalue weighted by molar-refractivity contribution is -0.127. The molecule has 0 saturated heterocycles. The molecule has 3 rings (SSSR count). The quantitative estimate of drug-likeness (QED) is 0.414. The van der Waals surface area contributed by atoms with Crippen molar-refractivity contribution in [1.82, 2.24) is 0 Å². The van der Waals surface area contributed by atoms with E-state index in [1.54, 1.807) is 0 Å². The van der Waals surface area contributed by atoms with E-state index in [1.807, 2.05) is 0 Å². The molecule has 2 heteroatoms. The first kappa shape index (κ1) is 7.48. The topological polar surface area (TPSA) is 34.1 Å². The second kappa shape index (κ2) is 2.11. The first-order chi connectivity index (χ1) is 6.21. The summed E-state index contributed by atoms with van der Waals surface area (Å²) in [6.45, 7) is 0. The van der Waals surface area contributed by atoms with Crippen LogP contribution in [-0.4, -0.2) is 11.6 Å². The Morgan fingerprint density at radius 2 is 2.15 bits per heavy atom. The number of Topliss-reactive ketones (excluding diaryl/α,β-unsaturated/α-hetero) is 2.